The van der Waals surface area contributed by atoms with E-state index in [0.29, 0.717) is 23.3 Å². The smallest absolute Gasteiger partial charge is 0.423 e. The lowest BCUT2D eigenvalue weighted by Gasteiger charge is -2.56. The Hall–Kier alpha value is -3.60. The van der Waals surface area contributed by atoms with Gasteiger partial charge in [0.05, 0.1) is 5.56 Å². The molecule has 186 valence electrons. The van der Waals surface area contributed by atoms with E-state index in [0.717, 1.165) is 19.4 Å². The summed E-state index contributed by atoms with van der Waals surface area (Å²) >= 11 is 0. The summed E-state index contributed by atoms with van der Waals surface area (Å²) in [7, 11) is 2.19. The molecule has 10 nitrogen and oxygen atoms in total. The second-order valence-corrected chi connectivity index (χ2v) is 9.04. The molecule has 2 aromatic carbocycles. The summed E-state index contributed by atoms with van der Waals surface area (Å²) in [5.74, 6) is 4.51. The van der Waals surface area contributed by atoms with Gasteiger partial charge in [-0.2, -0.15) is 5.90 Å². The molecule has 4 aliphatic rings. The van der Waals surface area contributed by atoms with E-state index < -0.39 is 18.2 Å². The van der Waals surface area contributed by atoms with Crippen molar-refractivity contribution in [3.8, 4) is 11.5 Å². The highest BCUT2D eigenvalue weighted by Crippen LogP contribution is 2.62. The third-order valence-electron chi connectivity index (χ3n) is 7.29. The van der Waals surface area contributed by atoms with Gasteiger partial charge in [0.1, 0.15) is 12.2 Å². The molecule has 0 aromatic heterocycles. The highest BCUT2D eigenvalue weighted by atomic mass is 16.7. The molecule has 1 fully saturated rings. The Morgan fingerprint density at radius 3 is 2.46 bits per heavy atom. The second-order valence-electron chi connectivity index (χ2n) is 9.04. The number of phenols is 1. The number of amides is 1. The zero-order chi connectivity index (χ0) is 25.3. The van der Waals surface area contributed by atoms with Crippen molar-refractivity contribution < 1.29 is 34.5 Å². The van der Waals surface area contributed by atoms with Crippen LogP contribution in [0.5, 0.6) is 11.5 Å². The van der Waals surface area contributed by atoms with Crippen molar-refractivity contribution >= 4 is 12.1 Å². The number of likely N-dealkylation sites (N-methyl/N-ethyl adjacent to an activating group) is 1. The fourth-order valence-electron chi connectivity index (χ4n) is 5.82. The van der Waals surface area contributed by atoms with Crippen LogP contribution in [0, 0.1) is 5.92 Å². The molecule has 10 heteroatoms. The number of aromatic hydroxyl groups is 1. The summed E-state index contributed by atoms with van der Waals surface area (Å²) in [6.07, 6.45) is 4.21. The number of primary amides is 1. The SMILES string of the molecule is CN1CC[C@]23c4c5ccc(O)c4O[C@H]2[C@@H](O)C=C[C@H]3[C@H]1C5.NOC(N)=O.O=C(O)c1ccccc1. The van der Waals surface area contributed by atoms with Crippen LogP contribution in [0.2, 0.25) is 0 Å². The first kappa shape index (κ1) is 24.5. The maximum Gasteiger partial charge on any atom is 0.423 e. The van der Waals surface area contributed by atoms with Gasteiger partial charge in [0.25, 0.3) is 0 Å². The van der Waals surface area contributed by atoms with E-state index in [1.54, 1.807) is 36.4 Å². The van der Waals surface area contributed by atoms with E-state index in [1.165, 1.54) is 11.1 Å². The van der Waals surface area contributed by atoms with E-state index in [9.17, 15) is 19.8 Å². The van der Waals surface area contributed by atoms with Crippen molar-refractivity contribution in [3.63, 3.8) is 0 Å². The topological polar surface area (TPSA) is 169 Å². The minimum atomic E-state index is -0.968. The normalized spacial score (nSPS) is 28.8. The number of carbonyl (C=O) groups excluding carboxylic acids is 1. The van der Waals surface area contributed by atoms with Gasteiger partial charge in [-0.3, -0.25) is 0 Å². The van der Waals surface area contributed by atoms with E-state index in [2.05, 4.69) is 34.5 Å². The summed E-state index contributed by atoms with van der Waals surface area (Å²) in [6.45, 7) is 1.01. The lowest BCUT2D eigenvalue weighted by Crippen LogP contribution is -2.64. The third kappa shape index (κ3) is 4.20. The number of ether oxygens (including phenoxy) is 1. The monoisotopic (exact) mass is 483 g/mol. The number of benzene rings is 2. The summed E-state index contributed by atoms with van der Waals surface area (Å²) in [5, 5.41) is 29.0. The Labute approximate surface area is 202 Å². The van der Waals surface area contributed by atoms with Gasteiger partial charge in [-0.15, -0.1) is 0 Å². The van der Waals surface area contributed by atoms with Crippen LogP contribution < -0.4 is 16.4 Å². The molecule has 1 saturated heterocycles. The second kappa shape index (κ2) is 9.57. The van der Waals surface area contributed by atoms with Crippen LogP contribution in [0.15, 0.2) is 54.6 Å². The number of hydrogen-bond acceptors (Lipinski definition) is 8. The summed E-state index contributed by atoms with van der Waals surface area (Å²) in [6, 6.07) is 12.5. The first-order valence-corrected chi connectivity index (χ1v) is 11.2. The molecule has 35 heavy (non-hydrogen) atoms. The Morgan fingerprint density at radius 2 is 1.86 bits per heavy atom. The molecule has 2 aliphatic heterocycles. The van der Waals surface area contributed by atoms with Crippen LogP contribution in [0.3, 0.4) is 0 Å². The Bertz CT molecular complexity index is 1140. The van der Waals surface area contributed by atoms with Gasteiger partial charge < -0.3 is 35.5 Å². The van der Waals surface area contributed by atoms with Crippen LogP contribution >= 0.6 is 0 Å². The number of aromatic carboxylic acids is 1. The van der Waals surface area contributed by atoms with Gasteiger partial charge in [0, 0.05) is 22.9 Å². The lowest BCUT2D eigenvalue weighted by molar-refractivity contribution is -0.0453. The number of aliphatic hydroxyl groups is 1. The molecule has 0 unspecified atom stereocenters. The van der Waals surface area contributed by atoms with Crippen LogP contribution in [0.4, 0.5) is 4.79 Å². The minimum absolute atomic E-state index is 0.160. The molecule has 2 heterocycles. The molecule has 6 rings (SSSR count). The first-order chi connectivity index (χ1) is 16.7. The largest absolute Gasteiger partial charge is 0.504 e. The first-order valence-electron chi connectivity index (χ1n) is 11.2. The van der Waals surface area contributed by atoms with Gasteiger partial charge in [-0.25, -0.2) is 9.59 Å². The predicted octanol–water partition coefficient (Wildman–Crippen LogP) is 1.54. The minimum Gasteiger partial charge on any atom is -0.504 e. The summed E-state index contributed by atoms with van der Waals surface area (Å²) < 4.78 is 6.09. The van der Waals surface area contributed by atoms with Gasteiger partial charge in [0.15, 0.2) is 11.5 Å². The maximum atomic E-state index is 10.4. The van der Waals surface area contributed by atoms with Crippen LogP contribution in [-0.2, 0) is 16.7 Å². The number of aliphatic hydroxyl groups excluding tert-OH is 1. The Kier molecular flexibility index (Phi) is 6.70. The molecule has 1 amide bonds. The number of carbonyl (C=O) groups is 2. The van der Waals surface area contributed by atoms with E-state index in [-0.39, 0.29) is 17.3 Å². The molecule has 1 spiro atoms. The maximum absolute atomic E-state index is 10.4. The van der Waals surface area contributed by atoms with Gasteiger partial charge in [-0.05, 0) is 50.2 Å². The highest BCUT2D eigenvalue weighted by molar-refractivity contribution is 5.87. The van der Waals surface area contributed by atoms with Crippen molar-refractivity contribution in [2.45, 2.75) is 36.5 Å². The number of hydrogen-bond donors (Lipinski definition) is 5. The molecular formula is C25H29N3O7. The van der Waals surface area contributed by atoms with Gasteiger partial charge in [-0.1, -0.05) is 36.4 Å². The van der Waals surface area contributed by atoms with Gasteiger partial charge >= 0.3 is 12.1 Å². The summed E-state index contributed by atoms with van der Waals surface area (Å²) in [5.41, 5.74) is 6.93. The van der Waals surface area contributed by atoms with Crippen LogP contribution in [0.1, 0.15) is 27.9 Å². The highest BCUT2D eigenvalue weighted by Gasteiger charge is 2.64. The van der Waals surface area contributed by atoms with Crippen molar-refractivity contribution in [2.75, 3.05) is 13.6 Å². The molecule has 0 radical (unpaired) electrons. The van der Waals surface area contributed by atoms with E-state index in [4.69, 9.17) is 9.84 Å². The number of nitrogens with zero attached hydrogens (tertiary/aromatic N) is 1. The number of likely N-dealkylation sites (tertiary alicyclic amines) is 1. The van der Waals surface area contributed by atoms with Gasteiger partial charge in [0.2, 0.25) is 0 Å². The average molecular weight is 484 g/mol. The number of piperidine rings is 1. The number of carboxylic acid groups (broad SMARTS) is 1. The van der Waals surface area contributed by atoms with Crippen molar-refractivity contribution in [2.24, 2.45) is 17.5 Å². The quantitative estimate of drug-likeness (QED) is 0.298. The average Bonchev–Trinajstić information content (AvgIpc) is 3.21. The van der Waals surface area contributed by atoms with E-state index >= 15 is 0 Å². The van der Waals surface area contributed by atoms with Crippen LogP contribution in [0.25, 0.3) is 0 Å². The van der Waals surface area contributed by atoms with E-state index in [1.807, 2.05) is 12.1 Å². The molecule has 0 saturated carbocycles. The van der Waals surface area contributed by atoms with Crippen LogP contribution in [-0.4, -0.2) is 64.1 Å². The molecule has 5 atom stereocenters. The fourth-order valence-corrected chi connectivity index (χ4v) is 5.82. The summed E-state index contributed by atoms with van der Waals surface area (Å²) in [4.78, 5) is 25.3. The molecule has 2 aliphatic carbocycles. The standard InChI is InChI=1S/C17H19NO3.C7H6O2.CH4N2O2/c1-18-7-6-17-10-3-5-13(20)16(17)21-15-12(19)4-2-9(14(15)17)8-11(10)18;8-7(9)6-4-2-1-3-5-6;2-1(4)5-3/h2-5,10-11,13,16,19-20H,6-8H2,1H3;1-5H,(H,8,9);3H2,(H2,2,4)/t10-,11+,13-,16-,17-;;/m0../s1. The van der Waals surface area contributed by atoms with Crippen molar-refractivity contribution in [3.05, 3.63) is 71.3 Å². The molecular weight excluding hydrogens is 454 g/mol. The third-order valence-corrected chi connectivity index (χ3v) is 7.29. The number of rotatable bonds is 1. The van der Waals surface area contributed by atoms with Crippen molar-refractivity contribution in [1.29, 1.82) is 0 Å². The zero-order valence-electron chi connectivity index (χ0n) is 19.2. The number of carboxylic acids is 1. The molecule has 7 N–H and O–H groups in total. The zero-order valence-corrected chi connectivity index (χ0v) is 19.2. The molecule has 2 bridgehead atoms. The predicted molar refractivity (Wildman–Crippen MR) is 126 cm³/mol. The lowest BCUT2D eigenvalue weighted by atomic mass is 9.53. The Balaban J connectivity index is 0.000000172. The fraction of sp³-hybridized carbons (Fsp3) is 0.360. The number of nitrogens with two attached hydrogens (primary N) is 2. The Morgan fingerprint density at radius 1 is 1.17 bits per heavy atom. The molecule has 2 aromatic rings. The number of phenolic OH excluding ortho intramolecular Hbond substituents is 1. The van der Waals surface area contributed by atoms with Crippen molar-refractivity contribution in [1.82, 2.24) is 4.90 Å².